The highest BCUT2D eigenvalue weighted by atomic mass is 16.5. The van der Waals surface area contributed by atoms with Crippen LogP contribution in [0.5, 0.6) is 5.75 Å². The lowest BCUT2D eigenvalue weighted by Crippen LogP contribution is -2.17. The number of benzene rings is 1. The largest absolute Gasteiger partial charge is 0.496 e. The molecule has 0 atom stereocenters. The minimum atomic E-state index is 0.0189. The van der Waals surface area contributed by atoms with Crippen LogP contribution in [0.4, 0.5) is 0 Å². The van der Waals surface area contributed by atoms with Gasteiger partial charge in [-0.15, -0.1) is 0 Å². The summed E-state index contributed by atoms with van der Waals surface area (Å²) in [6.07, 6.45) is 0. The van der Waals surface area contributed by atoms with Crippen molar-refractivity contribution in [2.45, 2.75) is 13.1 Å². The topological polar surface area (TPSA) is 55.6 Å². The van der Waals surface area contributed by atoms with E-state index in [0.29, 0.717) is 24.4 Å². The van der Waals surface area contributed by atoms with Crippen molar-refractivity contribution in [2.24, 2.45) is 5.73 Å². The Balaban J connectivity index is 2.58. The third-order valence-corrected chi connectivity index (χ3v) is 2.67. The van der Waals surface area contributed by atoms with Crippen molar-refractivity contribution < 1.29 is 9.53 Å². The van der Waals surface area contributed by atoms with Crippen LogP contribution < -0.4 is 10.5 Å². The van der Waals surface area contributed by atoms with Crippen LogP contribution in [-0.4, -0.2) is 25.0 Å². The molecule has 1 aromatic carbocycles. The minimum Gasteiger partial charge on any atom is -0.496 e. The van der Waals surface area contributed by atoms with Crippen LogP contribution in [0, 0.1) is 0 Å². The second-order valence-corrected chi connectivity index (χ2v) is 3.70. The minimum absolute atomic E-state index is 0.0189. The Kier molecular flexibility index (Phi) is 2.36. The van der Waals surface area contributed by atoms with Crippen LogP contribution in [0.2, 0.25) is 0 Å². The molecule has 80 valence electrons. The van der Waals surface area contributed by atoms with Gasteiger partial charge >= 0.3 is 0 Å². The average molecular weight is 206 g/mol. The maximum atomic E-state index is 11.8. The van der Waals surface area contributed by atoms with Crippen molar-refractivity contribution in [3.05, 3.63) is 28.8 Å². The summed E-state index contributed by atoms with van der Waals surface area (Å²) in [6.45, 7) is 1.10. The first-order valence-corrected chi connectivity index (χ1v) is 4.82. The maximum Gasteiger partial charge on any atom is 0.258 e. The van der Waals surface area contributed by atoms with Crippen LogP contribution in [-0.2, 0) is 13.1 Å². The molecule has 0 radical (unpaired) electrons. The van der Waals surface area contributed by atoms with E-state index in [-0.39, 0.29) is 5.91 Å². The van der Waals surface area contributed by atoms with Gasteiger partial charge in [0.1, 0.15) is 5.75 Å². The molecule has 1 aliphatic heterocycles. The van der Waals surface area contributed by atoms with E-state index in [1.807, 2.05) is 12.1 Å². The molecule has 15 heavy (non-hydrogen) atoms. The molecule has 0 fully saturated rings. The highest BCUT2D eigenvalue weighted by Crippen LogP contribution is 2.31. The van der Waals surface area contributed by atoms with Crippen LogP contribution >= 0.6 is 0 Å². The predicted octanol–water partition coefficient (Wildman–Crippen LogP) is 0.740. The Hall–Kier alpha value is -1.55. The summed E-state index contributed by atoms with van der Waals surface area (Å²) in [5, 5.41) is 0. The zero-order valence-corrected chi connectivity index (χ0v) is 8.91. The number of nitrogens with two attached hydrogens (primary N) is 1. The van der Waals surface area contributed by atoms with Crippen molar-refractivity contribution in [3.63, 3.8) is 0 Å². The second kappa shape index (κ2) is 3.55. The molecule has 0 bridgehead atoms. The van der Waals surface area contributed by atoms with Crippen LogP contribution in [0.15, 0.2) is 12.1 Å². The van der Waals surface area contributed by atoms with Gasteiger partial charge < -0.3 is 15.4 Å². The Labute approximate surface area is 88.6 Å². The number of carbonyl (C=O) groups is 1. The fraction of sp³-hybridized carbons (Fsp3) is 0.364. The molecule has 0 aliphatic carbocycles. The highest BCUT2D eigenvalue weighted by molar-refractivity contribution is 6.00. The second-order valence-electron chi connectivity index (χ2n) is 3.70. The highest BCUT2D eigenvalue weighted by Gasteiger charge is 2.28. The molecule has 2 rings (SSSR count). The third-order valence-electron chi connectivity index (χ3n) is 2.67. The van der Waals surface area contributed by atoms with Crippen LogP contribution in [0.3, 0.4) is 0 Å². The van der Waals surface area contributed by atoms with Crippen molar-refractivity contribution in [2.75, 3.05) is 14.2 Å². The molecular weight excluding hydrogens is 192 g/mol. The van der Waals surface area contributed by atoms with E-state index in [9.17, 15) is 4.79 Å². The molecule has 1 aliphatic rings. The summed E-state index contributed by atoms with van der Waals surface area (Å²) >= 11 is 0. The molecule has 0 saturated carbocycles. The van der Waals surface area contributed by atoms with Gasteiger partial charge in [0.25, 0.3) is 5.91 Å². The molecule has 2 N–H and O–H groups in total. The first kappa shape index (κ1) is 9.98. The van der Waals surface area contributed by atoms with Gasteiger partial charge in [0.15, 0.2) is 0 Å². The lowest BCUT2D eigenvalue weighted by molar-refractivity contribution is 0.0814. The predicted molar refractivity (Wildman–Crippen MR) is 56.7 cm³/mol. The summed E-state index contributed by atoms with van der Waals surface area (Å²) in [5.41, 5.74) is 8.26. The number of hydrogen-bond donors (Lipinski definition) is 1. The van der Waals surface area contributed by atoms with E-state index in [1.165, 1.54) is 0 Å². The van der Waals surface area contributed by atoms with Crippen molar-refractivity contribution in [1.82, 2.24) is 4.90 Å². The van der Waals surface area contributed by atoms with Crippen molar-refractivity contribution in [3.8, 4) is 5.75 Å². The number of carbonyl (C=O) groups excluding carboxylic acids is 1. The van der Waals surface area contributed by atoms with E-state index >= 15 is 0 Å². The number of rotatable bonds is 2. The fourth-order valence-corrected chi connectivity index (χ4v) is 1.90. The van der Waals surface area contributed by atoms with Gasteiger partial charge in [-0.1, -0.05) is 6.07 Å². The molecule has 4 nitrogen and oxygen atoms in total. The number of ether oxygens (including phenoxy) is 1. The summed E-state index contributed by atoms with van der Waals surface area (Å²) < 4.78 is 5.22. The van der Waals surface area contributed by atoms with E-state index < -0.39 is 0 Å². The molecule has 1 aromatic rings. The number of amides is 1. The lowest BCUT2D eigenvalue weighted by atomic mass is 10.0. The van der Waals surface area contributed by atoms with E-state index in [1.54, 1.807) is 19.1 Å². The summed E-state index contributed by atoms with van der Waals surface area (Å²) in [4.78, 5) is 13.5. The first-order chi connectivity index (χ1) is 7.17. The van der Waals surface area contributed by atoms with E-state index in [0.717, 1.165) is 11.1 Å². The number of methoxy groups -OCH3 is 1. The Morgan fingerprint density at radius 1 is 1.53 bits per heavy atom. The zero-order valence-electron chi connectivity index (χ0n) is 8.91. The van der Waals surface area contributed by atoms with Crippen molar-refractivity contribution >= 4 is 5.91 Å². The molecule has 0 unspecified atom stereocenters. The van der Waals surface area contributed by atoms with Gasteiger partial charge in [-0.3, -0.25) is 4.79 Å². The quantitative estimate of drug-likeness (QED) is 0.776. The van der Waals surface area contributed by atoms with Gasteiger partial charge in [-0.25, -0.2) is 0 Å². The zero-order chi connectivity index (χ0) is 11.0. The molecule has 1 amide bonds. The molecule has 4 heteroatoms. The molecule has 0 spiro atoms. The SMILES string of the molecule is COc1cc(CN)cc2c1C(=O)N(C)C2. The summed E-state index contributed by atoms with van der Waals surface area (Å²) in [6, 6.07) is 3.80. The van der Waals surface area contributed by atoms with Gasteiger partial charge in [-0.2, -0.15) is 0 Å². The summed E-state index contributed by atoms with van der Waals surface area (Å²) in [5.74, 6) is 0.646. The third kappa shape index (κ3) is 1.47. The Morgan fingerprint density at radius 3 is 2.87 bits per heavy atom. The van der Waals surface area contributed by atoms with E-state index in [2.05, 4.69) is 0 Å². The van der Waals surface area contributed by atoms with Crippen LogP contribution in [0.25, 0.3) is 0 Å². The van der Waals surface area contributed by atoms with E-state index in [4.69, 9.17) is 10.5 Å². The molecule has 0 aromatic heterocycles. The Morgan fingerprint density at radius 2 is 2.27 bits per heavy atom. The van der Waals surface area contributed by atoms with Crippen molar-refractivity contribution in [1.29, 1.82) is 0 Å². The monoisotopic (exact) mass is 206 g/mol. The normalized spacial score (nSPS) is 14.3. The Bertz CT molecular complexity index is 415. The number of fused-ring (bicyclic) bond motifs is 1. The molecule has 0 saturated heterocycles. The number of hydrogen-bond acceptors (Lipinski definition) is 3. The first-order valence-electron chi connectivity index (χ1n) is 4.82. The lowest BCUT2D eigenvalue weighted by Gasteiger charge is -2.08. The van der Waals surface area contributed by atoms with Crippen LogP contribution in [0.1, 0.15) is 21.5 Å². The molecule has 1 heterocycles. The number of nitrogens with zero attached hydrogens (tertiary/aromatic N) is 1. The van der Waals surface area contributed by atoms with Gasteiger partial charge in [0.2, 0.25) is 0 Å². The smallest absolute Gasteiger partial charge is 0.258 e. The standard InChI is InChI=1S/C11H14N2O2/c1-13-6-8-3-7(5-12)4-9(15-2)10(8)11(13)14/h3-4H,5-6,12H2,1-2H3. The molecular formula is C11H14N2O2. The fourth-order valence-electron chi connectivity index (χ4n) is 1.90. The van der Waals surface area contributed by atoms with Gasteiger partial charge in [0, 0.05) is 20.1 Å². The van der Waals surface area contributed by atoms with Gasteiger partial charge in [0.05, 0.1) is 12.7 Å². The maximum absolute atomic E-state index is 11.8. The average Bonchev–Trinajstić information content (AvgIpc) is 2.53. The summed E-state index contributed by atoms with van der Waals surface area (Å²) in [7, 11) is 3.35. The van der Waals surface area contributed by atoms with Gasteiger partial charge in [-0.05, 0) is 17.2 Å².